The van der Waals surface area contributed by atoms with E-state index < -0.39 is 0 Å². The van der Waals surface area contributed by atoms with Gasteiger partial charge < -0.3 is 9.30 Å². The highest BCUT2D eigenvalue weighted by Crippen LogP contribution is 2.17. The van der Waals surface area contributed by atoms with Crippen molar-refractivity contribution in [2.45, 2.75) is 26.3 Å². The lowest BCUT2D eigenvalue weighted by molar-refractivity contribution is 0.0610. The molecule has 0 aliphatic carbocycles. The minimum atomic E-state index is 0.0112. The molecule has 1 fully saturated rings. The van der Waals surface area contributed by atoms with Gasteiger partial charge in [-0.2, -0.15) is 0 Å². The Bertz CT molecular complexity index is 645. The number of rotatable bonds is 2. The first-order valence-corrected chi connectivity index (χ1v) is 6.64. The molecule has 2 aromatic rings. The smallest absolute Gasteiger partial charge is 0.252 e. The van der Waals surface area contributed by atoms with Crippen LogP contribution < -0.4 is 5.56 Å². The van der Waals surface area contributed by atoms with Crippen LogP contribution in [0.3, 0.4) is 0 Å². The van der Waals surface area contributed by atoms with E-state index in [1.54, 1.807) is 16.8 Å². The molecule has 1 aliphatic heterocycles. The lowest BCUT2D eigenvalue weighted by Crippen LogP contribution is -2.26. The van der Waals surface area contributed by atoms with Crippen molar-refractivity contribution in [3.05, 3.63) is 34.6 Å². The maximum Gasteiger partial charge on any atom is 0.252 e. The third kappa shape index (κ3) is 2.66. The molecule has 19 heavy (non-hydrogen) atoms. The van der Waals surface area contributed by atoms with Gasteiger partial charge in [0.25, 0.3) is 5.56 Å². The Hall–Kier alpha value is -1.75. The molecule has 0 N–H and O–H groups in total. The highest BCUT2D eigenvalue weighted by atomic mass is 16.5. The van der Waals surface area contributed by atoms with Gasteiger partial charge in [0, 0.05) is 43.6 Å². The van der Waals surface area contributed by atoms with Crippen molar-refractivity contribution in [3.63, 3.8) is 0 Å². The van der Waals surface area contributed by atoms with E-state index in [0.29, 0.717) is 11.7 Å². The Kier molecular flexibility index (Phi) is 3.29. The summed E-state index contributed by atoms with van der Waals surface area (Å²) in [5, 5.41) is 0.914. The number of ether oxygens (including phenoxy) is 1. The topological polar surface area (TPSA) is 57.0 Å². The predicted molar refractivity (Wildman–Crippen MR) is 72.1 cm³/mol. The van der Waals surface area contributed by atoms with E-state index in [0.717, 1.165) is 43.5 Å². The molecular weight excluding hydrogens is 242 g/mol. The fourth-order valence-electron chi connectivity index (χ4n) is 2.49. The molecule has 3 heterocycles. The Balaban J connectivity index is 1.92. The second-order valence-corrected chi connectivity index (χ2v) is 5.08. The molecule has 0 aromatic carbocycles. The van der Waals surface area contributed by atoms with E-state index >= 15 is 0 Å². The average Bonchev–Trinajstić information content (AvgIpc) is 2.41. The van der Waals surface area contributed by atoms with Crippen LogP contribution >= 0.6 is 0 Å². The van der Waals surface area contributed by atoms with Crippen LogP contribution in [-0.2, 0) is 11.3 Å². The molecule has 0 amide bonds. The van der Waals surface area contributed by atoms with Crippen LogP contribution in [0.25, 0.3) is 10.9 Å². The zero-order valence-electron chi connectivity index (χ0n) is 11.0. The van der Waals surface area contributed by atoms with Crippen LogP contribution in [0.4, 0.5) is 0 Å². The van der Waals surface area contributed by atoms with Crippen molar-refractivity contribution < 1.29 is 4.74 Å². The Labute approximate surface area is 111 Å². The van der Waals surface area contributed by atoms with Gasteiger partial charge in [0.15, 0.2) is 0 Å². The van der Waals surface area contributed by atoms with Crippen LogP contribution in [-0.4, -0.2) is 27.7 Å². The van der Waals surface area contributed by atoms with E-state index in [1.165, 1.54) is 0 Å². The first kappa shape index (κ1) is 12.3. The number of hydrogen-bond acceptors (Lipinski definition) is 4. The monoisotopic (exact) mass is 259 g/mol. The van der Waals surface area contributed by atoms with E-state index in [1.807, 2.05) is 13.1 Å². The second-order valence-electron chi connectivity index (χ2n) is 5.08. The number of hydrogen-bond donors (Lipinski definition) is 0. The maximum absolute atomic E-state index is 12.1. The van der Waals surface area contributed by atoms with Crippen LogP contribution in [0, 0.1) is 12.8 Å². The summed E-state index contributed by atoms with van der Waals surface area (Å²) in [6, 6.07) is 1.60. The number of nitrogens with zero attached hydrogens (tertiary/aromatic N) is 3. The van der Waals surface area contributed by atoms with Crippen LogP contribution in [0.2, 0.25) is 0 Å². The van der Waals surface area contributed by atoms with Gasteiger partial charge in [0.05, 0.1) is 5.52 Å². The average molecular weight is 259 g/mol. The van der Waals surface area contributed by atoms with Gasteiger partial charge >= 0.3 is 0 Å². The lowest BCUT2D eigenvalue weighted by Gasteiger charge is -2.22. The maximum atomic E-state index is 12.1. The minimum absolute atomic E-state index is 0.0112. The molecule has 2 aromatic heterocycles. The predicted octanol–water partition coefficient (Wildman–Crippen LogP) is 1.53. The van der Waals surface area contributed by atoms with Crippen molar-refractivity contribution in [3.8, 4) is 0 Å². The first-order chi connectivity index (χ1) is 9.22. The summed E-state index contributed by atoms with van der Waals surface area (Å²) in [7, 11) is 0. The molecule has 0 atom stereocenters. The number of pyridine rings is 1. The largest absolute Gasteiger partial charge is 0.381 e. The Morgan fingerprint density at radius 3 is 3.00 bits per heavy atom. The molecule has 0 bridgehead atoms. The highest BCUT2D eigenvalue weighted by molar-refractivity contribution is 5.76. The Morgan fingerprint density at radius 2 is 2.21 bits per heavy atom. The van der Waals surface area contributed by atoms with Gasteiger partial charge in [-0.3, -0.25) is 4.79 Å². The van der Waals surface area contributed by atoms with Crippen molar-refractivity contribution in [1.29, 1.82) is 0 Å². The van der Waals surface area contributed by atoms with Gasteiger partial charge in [-0.15, -0.1) is 0 Å². The molecule has 0 radical (unpaired) electrons. The molecule has 0 spiro atoms. The van der Waals surface area contributed by atoms with E-state index in [2.05, 4.69) is 9.97 Å². The Morgan fingerprint density at radius 1 is 1.42 bits per heavy atom. The van der Waals surface area contributed by atoms with E-state index in [9.17, 15) is 4.79 Å². The molecular formula is C14H17N3O2. The summed E-state index contributed by atoms with van der Waals surface area (Å²) >= 11 is 0. The summed E-state index contributed by atoms with van der Waals surface area (Å²) in [6.45, 7) is 4.18. The molecule has 5 heteroatoms. The van der Waals surface area contributed by atoms with Crippen LogP contribution in [0.5, 0.6) is 0 Å². The summed E-state index contributed by atoms with van der Waals surface area (Å²) in [5.74, 6) is 1.21. The third-order valence-corrected chi connectivity index (χ3v) is 3.60. The van der Waals surface area contributed by atoms with E-state index in [-0.39, 0.29) is 5.56 Å². The summed E-state index contributed by atoms with van der Waals surface area (Å²) in [4.78, 5) is 20.5. The fourth-order valence-corrected chi connectivity index (χ4v) is 2.49. The summed E-state index contributed by atoms with van der Waals surface area (Å²) in [5.41, 5.74) is 0.734. The van der Waals surface area contributed by atoms with E-state index in [4.69, 9.17) is 4.74 Å². The molecule has 5 nitrogen and oxygen atoms in total. The minimum Gasteiger partial charge on any atom is -0.381 e. The van der Waals surface area contributed by atoms with Gasteiger partial charge in [-0.05, 0) is 25.7 Å². The van der Waals surface area contributed by atoms with Gasteiger partial charge in [-0.25, -0.2) is 9.97 Å². The first-order valence-electron chi connectivity index (χ1n) is 6.64. The SMILES string of the molecule is Cc1ncc2cn(CC3CCOCC3)c(=O)cc2n1. The van der Waals surface area contributed by atoms with Gasteiger partial charge in [0.2, 0.25) is 0 Å². The zero-order chi connectivity index (χ0) is 13.2. The summed E-state index contributed by atoms with van der Waals surface area (Å²) in [6.07, 6.45) is 5.69. The molecule has 100 valence electrons. The molecule has 1 aliphatic rings. The zero-order valence-corrected chi connectivity index (χ0v) is 11.0. The summed E-state index contributed by atoms with van der Waals surface area (Å²) < 4.78 is 7.12. The van der Waals surface area contributed by atoms with Gasteiger partial charge in [-0.1, -0.05) is 0 Å². The highest BCUT2D eigenvalue weighted by Gasteiger charge is 2.15. The normalized spacial score (nSPS) is 16.9. The van der Waals surface area contributed by atoms with Crippen LogP contribution in [0.15, 0.2) is 23.3 Å². The van der Waals surface area contributed by atoms with Crippen LogP contribution in [0.1, 0.15) is 18.7 Å². The van der Waals surface area contributed by atoms with Crippen molar-refractivity contribution >= 4 is 10.9 Å². The molecule has 0 saturated carbocycles. The number of aromatic nitrogens is 3. The third-order valence-electron chi connectivity index (χ3n) is 3.60. The lowest BCUT2D eigenvalue weighted by atomic mass is 10.0. The molecule has 1 saturated heterocycles. The molecule has 3 rings (SSSR count). The second kappa shape index (κ2) is 5.09. The number of aryl methyl sites for hydroxylation is 1. The fraction of sp³-hybridized carbons (Fsp3) is 0.500. The van der Waals surface area contributed by atoms with Crippen molar-refractivity contribution in [1.82, 2.24) is 14.5 Å². The quantitative estimate of drug-likeness (QED) is 0.820. The van der Waals surface area contributed by atoms with Crippen molar-refractivity contribution in [2.75, 3.05) is 13.2 Å². The molecule has 0 unspecified atom stereocenters. The van der Waals surface area contributed by atoms with Crippen molar-refractivity contribution in [2.24, 2.45) is 5.92 Å². The number of fused-ring (bicyclic) bond motifs is 1. The standard InChI is InChI=1S/C14H17N3O2/c1-10-15-7-12-9-17(14(18)6-13(12)16-10)8-11-2-4-19-5-3-11/h6-7,9,11H,2-5,8H2,1H3. The van der Waals surface area contributed by atoms with Gasteiger partial charge in [0.1, 0.15) is 5.82 Å².